The summed E-state index contributed by atoms with van der Waals surface area (Å²) in [5.74, 6) is -0.810. The highest BCUT2D eigenvalue weighted by Gasteiger charge is 2.33. The first-order chi connectivity index (χ1) is 18.8. The van der Waals surface area contributed by atoms with Gasteiger partial charge in [0.15, 0.2) is 0 Å². The van der Waals surface area contributed by atoms with Crippen molar-refractivity contribution in [3.8, 4) is 0 Å². The summed E-state index contributed by atoms with van der Waals surface area (Å²) in [5.41, 5.74) is 3.74. The molecule has 0 aliphatic heterocycles. The van der Waals surface area contributed by atoms with Crippen molar-refractivity contribution in [2.75, 3.05) is 10.8 Å². The van der Waals surface area contributed by atoms with E-state index in [-0.39, 0.29) is 23.4 Å². The second kappa shape index (κ2) is 13.3. The fraction of sp³-hybridized carbons (Fsp3) is 0.355. The van der Waals surface area contributed by atoms with Crippen LogP contribution in [0.5, 0.6) is 0 Å². The van der Waals surface area contributed by atoms with Gasteiger partial charge in [0.25, 0.3) is 10.0 Å². The minimum absolute atomic E-state index is 0.0733. The van der Waals surface area contributed by atoms with Crippen LogP contribution in [0.1, 0.15) is 49.4 Å². The van der Waals surface area contributed by atoms with Gasteiger partial charge in [0.1, 0.15) is 12.6 Å². The fourth-order valence-corrected chi connectivity index (χ4v) is 5.79. The van der Waals surface area contributed by atoms with Crippen LogP contribution in [0.3, 0.4) is 0 Å². The van der Waals surface area contributed by atoms with E-state index in [1.54, 1.807) is 67.6 Å². The van der Waals surface area contributed by atoms with E-state index in [1.165, 1.54) is 4.90 Å². The second-order valence-electron chi connectivity index (χ2n) is 10.2. The molecule has 0 saturated carbocycles. The molecule has 214 valence electrons. The Morgan fingerprint density at radius 3 is 2.15 bits per heavy atom. The lowest BCUT2D eigenvalue weighted by molar-refractivity contribution is -0.139. The summed E-state index contributed by atoms with van der Waals surface area (Å²) in [4.78, 5) is 28.7. The molecule has 0 spiro atoms. The maximum Gasteiger partial charge on any atom is 0.264 e. The van der Waals surface area contributed by atoms with E-state index in [4.69, 9.17) is 11.6 Å². The summed E-state index contributed by atoms with van der Waals surface area (Å²) in [5, 5.41) is 3.49. The number of halogens is 1. The molecule has 0 aromatic heterocycles. The zero-order valence-electron chi connectivity index (χ0n) is 23.9. The Morgan fingerprint density at radius 1 is 0.925 bits per heavy atom. The van der Waals surface area contributed by atoms with Gasteiger partial charge in [-0.2, -0.15) is 0 Å². The summed E-state index contributed by atoms with van der Waals surface area (Å²) >= 11 is 6.06. The third-order valence-electron chi connectivity index (χ3n) is 7.17. The molecular weight excluding hydrogens is 546 g/mol. The largest absolute Gasteiger partial charge is 0.352 e. The average Bonchev–Trinajstić information content (AvgIpc) is 2.92. The number of nitrogens with zero attached hydrogens (tertiary/aromatic N) is 2. The molecule has 0 saturated heterocycles. The number of aryl methyl sites for hydroxylation is 2. The molecule has 0 unspecified atom stereocenters. The average molecular weight is 584 g/mol. The van der Waals surface area contributed by atoms with Gasteiger partial charge in [-0.3, -0.25) is 13.9 Å². The van der Waals surface area contributed by atoms with Gasteiger partial charge in [0.05, 0.1) is 10.6 Å². The van der Waals surface area contributed by atoms with Crippen LogP contribution in [-0.4, -0.2) is 43.8 Å². The number of sulfonamides is 1. The quantitative estimate of drug-likeness (QED) is 0.309. The number of anilines is 1. The first-order valence-corrected chi connectivity index (χ1v) is 15.2. The van der Waals surface area contributed by atoms with Crippen molar-refractivity contribution in [3.63, 3.8) is 0 Å². The Kier molecular flexibility index (Phi) is 10.4. The van der Waals surface area contributed by atoms with Gasteiger partial charge in [0, 0.05) is 17.6 Å². The van der Waals surface area contributed by atoms with Crippen molar-refractivity contribution in [3.05, 3.63) is 94.0 Å². The molecule has 0 aliphatic carbocycles. The van der Waals surface area contributed by atoms with Crippen LogP contribution in [0.15, 0.2) is 71.6 Å². The third-order valence-corrected chi connectivity index (χ3v) is 9.19. The highest BCUT2D eigenvalue weighted by atomic mass is 35.5. The standard InChI is InChI=1S/C31H38ClN3O4S/c1-7-23(4)33-31(37)25(6)34(19-26-13-15-27(32)16-14-26)30(36)20-35(29-10-8-9-22(3)24(29)5)40(38,39)28-17-11-21(2)12-18-28/h8-18,23,25H,7,19-20H2,1-6H3,(H,33,37)/t23-,25-/m1/s1. The molecule has 2 amide bonds. The van der Waals surface area contributed by atoms with Crippen molar-refractivity contribution in [1.82, 2.24) is 10.2 Å². The SMILES string of the molecule is CC[C@@H](C)NC(=O)[C@@H](C)N(Cc1ccc(Cl)cc1)C(=O)CN(c1cccc(C)c1C)S(=O)(=O)c1ccc(C)cc1. The van der Waals surface area contributed by atoms with Gasteiger partial charge in [-0.1, -0.05) is 60.5 Å². The number of nitrogens with one attached hydrogen (secondary N) is 1. The van der Waals surface area contributed by atoms with Crippen LogP contribution in [0.2, 0.25) is 5.02 Å². The molecular formula is C31H38ClN3O4S. The number of benzene rings is 3. The lowest BCUT2D eigenvalue weighted by atomic mass is 10.1. The lowest BCUT2D eigenvalue weighted by Gasteiger charge is -2.33. The predicted octanol–water partition coefficient (Wildman–Crippen LogP) is 5.79. The number of amides is 2. The number of carbonyl (C=O) groups excluding carboxylic acids is 2. The van der Waals surface area contributed by atoms with Crippen LogP contribution in [-0.2, 0) is 26.2 Å². The molecule has 0 fully saturated rings. The van der Waals surface area contributed by atoms with E-state index in [9.17, 15) is 18.0 Å². The third kappa shape index (κ3) is 7.43. The maximum absolute atomic E-state index is 14.0. The van der Waals surface area contributed by atoms with Crippen molar-refractivity contribution < 1.29 is 18.0 Å². The summed E-state index contributed by atoms with van der Waals surface area (Å²) in [7, 11) is -4.12. The van der Waals surface area contributed by atoms with E-state index in [0.29, 0.717) is 10.7 Å². The molecule has 0 bridgehead atoms. The first-order valence-electron chi connectivity index (χ1n) is 13.3. The number of rotatable bonds is 11. The molecule has 3 aromatic rings. The van der Waals surface area contributed by atoms with Gasteiger partial charge < -0.3 is 10.2 Å². The zero-order valence-corrected chi connectivity index (χ0v) is 25.5. The molecule has 40 heavy (non-hydrogen) atoms. The van der Waals surface area contributed by atoms with Crippen molar-refractivity contribution >= 4 is 39.1 Å². The highest BCUT2D eigenvalue weighted by Crippen LogP contribution is 2.29. The minimum atomic E-state index is -4.12. The monoisotopic (exact) mass is 583 g/mol. The Morgan fingerprint density at radius 2 is 1.55 bits per heavy atom. The number of hydrogen-bond acceptors (Lipinski definition) is 4. The van der Waals surface area contributed by atoms with Crippen LogP contribution in [0.4, 0.5) is 5.69 Å². The summed E-state index contributed by atoms with van der Waals surface area (Å²) < 4.78 is 29.2. The highest BCUT2D eigenvalue weighted by molar-refractivity contribution is 7.92. The topological polar surface area (TPSA) is 86.8 Å². The van der Waals surface area contributed by atoms with Crippen molar-refractivity contribution in [2.45, 2.75) is 71.5 Å². The Bertz CT molecular complexity index is 1440. The molecule has 9 heteroatoms. The van der Waals surface area contributed by atoms with Crippen LogP contribution in [0, 0.1) is 20.8 Å². The molecule has 2 atom stereocenters. The normalized spacial score (nSPS) is 12.9. The Labute approximate surface area is 243 Å². The number of carbonyl (C=O) groups is 2. The summed E-state index contributed by atoms with van der Waals surface area (Å²) in [6.45, 7) is 10.7. The maximum atomic E-state index is 14.0. The molecule has 3 aromatic carbocycles. The van der Waals surface area contributed by atoms with Gasteiger partial charge in [-0.25, -0.2) is 8.42 Å². The summed E-state index contributed by atoms with van der Waals surface area (Å²) in [6, 6.07) is 18.0. The van der Waals surface area contributed by atoms with Crippen LogP contribution in [0.25, 0.3) is 0 Å². The van der Waals surface area contributed by atoms with Crippen LogP contribution < -0.4 is 9.62 Å². The second-order valence-corrected chi connectivity index (χ2v) is 12.5. The molecule has 7 nitrogen and oxygen atoms in total. The van der Waals surface area contributed by atoms with E-state index >= 15 is 0 Å². The van der Waals surface area contributed by atoms with Crippen molar-refractivity contribution in [1.29, 1.82) is 0 Å². The first kappa shape index (κ1) is 31.2. The lowest BCUT2D eigenvalue weighted by Crippen LogP contribution is -2.52. The molecule has 0 heterocycles. The smallest absolute Gasteiger partial charge is 0.264 e. The number of hydrogen-bond donors (Lipinski definition) is 1. The van der Waals surface area contributed by atoms with Gasteiger partial charge in [-0.05, 0) is 88.1 Å². The van der Waals surface area contributed by atoms with Crippen molar-refractivity contribution in [2.24, 2.45) is 0 Å². The zero-order chi connectivity index (χ0) is 29.6. The summed E-state index contributed by atoms with van der Waals surface area (Å²) in [6.07, 6.45) is 0.735. The predicted molar refractivity (Wildman–Crippen MR) is 161 cm³/mol. The van der Waals surface area contributed by atoms with E-state index in [2.05, 4.69) is 5.32 Å². The molecule has 0 radical (unpaired) electrons. The Balaban J connectivity index is 2.06. The van der Waals surface area contributed by atoms with E-state index in [0.717, 1.165) is 33.0 Å². The van der Waals surface area contributed by atoms with E-state index in [1.807, 2.05) is 40.7 Å². The van der Waals surface area contributed by atoms with Gasteiger partial charge >= 0.3 is 0 Å². The van der Waals surface area contributed by atoms with Crippen LogP contribution >= 0.6 is 11.6 Å². The molecule has 3 rings (SSSR count). The van der Waals surface area contributed by atoms with Gasteiger partial charge in [0.2, 0.25) is 11.8 Å². The van der Waals surface area contributed by atoms with Gasteiger partial charge in [-0.15, -0.1) is 0 Å². The van der Waals surface area contributed by atoms with E-state index < -0.39 is 28.5 Å². The minimum Gasteiger partial charge on any atom is -0.352 e. The fourth-order valence-electron chi connectivity index (χ4n) is 4.19. The Hall–Kier alpha value is -3.36. The molecule has 0 aliphatic rings. The molecule has 1 N–H and O–H groups in total.